The Morgan fingerprint density at radius 3 is 2.77 bits per heavy atom. The van der Waals surface area contributed by atoms with Gasteiger partial charge in [-0.3, -0.25) is 14.3 Å². The fraction of sp³-hybridized carbons (Fsp3) is 0.0952. The second-order valence-electron chi connectivity index (χ2n) is 6.11. The number of benzene rings is 2. The molecular weight excluding hydrogens is 324 g/mol. The van der Waals surface area contributed by atoms with E-state index in [1.165, 1.54) is 6.92 Å². The number of nitrogens with zero attached hydrogens (tertiary/aromatic N) is 3. The number of carbonyl (C=O) groups is 1. The molecule has 2 heterocycles. The maximum Gasteiger partial charge on any atom is 0.217 e. The van der Waals surface area contributed by atoms with Gasteiger partial charge in [-0.05, 0) is 42.0 Å². The molecule has 0 aliphatic heterocycles. The highest BCUT2D eigenvalue weighted by Gasteiger charge is 2.07. The van der Waals surface area contributed by atoms with Crippen LogP contribution in [0.1, 0.15) is 12.5 Å². The summed E-state index contributed by atoms with van der Waals surface area (Å²) >= 11 is 0. The highest BCUT2D eigenvalue weighted by molar-refractivity contribution is 5.79. The van der Waals surface area contributed by atoms with Crippen LogP contribution in [0, 0.1) is 0 Å². The van der Waals surface area contributed by atoms with Gasteiger partial charge in [0.1, 0.15) is 6.33 Å². The molecule has 128 valence electrons. The normalized spacial score (nSPS) is 10.8. The quantitative estimate of drug-likeness (QED) is 0.615. The average molecular weight is 342 g/mol. The lowest BCUT2D eigenvalue weighted by Crippen LogP contribution is -2.18. The first-order chi connectivity index (χ1) is 12.7. The van der Waals surface area contributed by atoms with E-state index in [1.54, 1.807) is 6.20 Å². The zero-order chi connectivity index (χ0) is 17.9. The first-order valence-electron chi connectivity index (χ1n) is 8.43. The van der Waals surface area contributed by atoms with Crippen LogP contribution >= 0.6 is 0 Å². The Balaban J connectivity index is 1.70. The van der Waals surface area contributed by atoms with Gasteiger partial charge in [-0.25, -0.2) is 4.98 Å². The third-order valence-corrected chi connectivity index (χ3v) is 4.24. The van der Waals surface area contributed by atoms with Crippen LogP contribution in [0.5, 0.6) is 0 Å². The predicted molar refractivity (Wildman–Crippen MR) is 102 cm³/mol. The lowest BCUT2D eigenvalue weighted by Gasteiger charge is -2.08. The van der Waals surface area contributed by atoms with Gasteiger partial charge >= 0.3 is 0 Å². The summed E-state index contributed by atoms with van der Waals surface area (Å²) in [6, 6.07) is 20.2. The molecule has 0 bridgehead atoms. The number of fused-ring (bicyclic) bond motifs is 1. The summed E-state index contributed by atoms with van der Waals surface area (Å²) in [6.45, 7) is 2.02. The van der Waals surface area contributed by atoms with E-state index >= 15 is 0 Å². The van der Waals surface area contributed by atoms with Gasteiger partial charge in [-0.2, -0.15) is 0 Å². The van der Waals surface area contributed by atoms with Crippen LogP contribution in [-0.2, 0) is 11.3 Å². The molecule has 4 aromatic rings. The van der Waals surface area contributed by atoms with E-state index in [4.69, 9.17) is 0 Å². The van der Waals surface area contributed by atoms with Crippen molar-refractivity contribution in [2.75, 3.05) is 0 Å². The van der Waals surface area contributed by atoms with Crippen molar-refractivity contribution in [1.29, 1.82) is 0 Å². The zero-order valence-electron chi connectivity index (χ0n) is 14.4. The van der Waals surface area contributed by atoms with E-state index in [2.05, 4.69) is 38.1 Å². The minimum Gasteiger partial charge on any atom is -0.352 e. The van der Waals surface area contributed by atoms with Crippen molar-refractivity contribution in [1.82, 2.24) is 19.9 Å². The van der Waals surface area contributed by atoms with Crippen LogP contribution in [0.15, 0.2) is 73.2 Å². The van der Waals surface area contributed by atoms with Crippen molar-refractivity contribution in [3.63, 3.8) is 0 Å². The number of carbonyl (C=O) groups excluding carboxylic acids is 1. The second kappa shape index (κ2) is 6.80. The van der Waals surface area contributed by atoms with Crippen molar-refractivity contribution < 1.29 is 4.79 Å². The van der Waals surface area contributed by atoms with E-state index in [0.29, 0.717) is 6.54 Å². The van der Waals surface area contributed by atoms with Gasteiger partial charge in [0, 0.05) is 30.9 Å². The SMILES string of the molecule is CC(=O)NCc1ccc2c(c1)ncn2-c1cccc(-c2ccccn2)c1. The molecule has 0 atom stereocenters. The summed E-state index contributed by atoms with van der Waals surface area (Å²) in [7, 11) is 0. The zero-order valence-corrected chi connectivity index (χ0v) is 14.4. The average Bonchev–Trinajstić information content (AvgIpc) is 3.10. The van der Waals surface area contributed by atoms with Crippen LogP contribution < -0.4 is 5.32 Å². The molecule has 0 fully saturated rings. The van der Waals surface area contributed by atoms with Crippen LogP contribution in [-0.4, -0.2) is 20.4 Å². The summed E-state index contributed by atoms with van der Waals surface area (Å²) in [5.41, 5.74) is 5.99. The van der Waals surface area contributed by atoms with E-state index in [-0.39, 0.29) is 5.91 Å². The first-order valence-corrected chi connectivity index (χ1v) is 8.43. The highest BCUT2D eigenvalue weighted by Crippen LogP contribution is 2.23. The van der Waals surface area contributed by atoms with E-state index in [1.807, 2.05) is 48.8 Å². The Morgan fingerprint density at radius 1 is 1.04 bits per heavy atom. The number of hydrogen-bond acceptors (Lipinski definition) is 3. The molecule has 4 rings (SSSR count). The highest BCUT2D eigenvalue weighted by atomic mass is 16.1. The topological polar surface area (TPSA) is 59.8 Å². The fourth-order valence-electron chi connectivity index (χ4n) is 2.95. The predicted octanol–water partition coefficient (Wildman–Crippen LogP) is 3.72. The molecule has 0 aliphatic rings. The second-order valence-corrected chi connectivity index (χ2v) is 6.11. The summed E-state index contributed by atoms with van der Waals surface area (Å²) in [5.74, 6) is -0.0398. The van der Waals surface area contributed by atoms with Crippen LogP contribution in [0.25, 0.3) is 28.0 Å². The fourth-order valence-corrected chi connectivity index (χ4v) is 2.95. The number of pyridine rings is 1. The Morgan fingerprint density at radius 2 is 1.96 bits per heavy atom. The number of hydrogen-bond donors (Lipinski definition) is 1. The number of nitrogens with one attached hydrogen (secondary N) is 1. The van der Waals surface area contributed by atoms with E-state index in [0.717, 1.165) is 33.5 Å². The number of amides is 1. The monoisotopic (exact) mass is 342 g/mol. The van der Waals surface area contributed by atoms with Gasteiger partial charge < -0.3 is 5.32 Å². The molecule has 2 aromatic heterocycles. The van der Waals surface area contributed by atoms with Crippen molar-refractivity contribution in [3.05, 3.63) is 78.8 Å². The van der Waals surface area contributed by atoms with Gasteiger partial charge in [-0.1, -0.05) is 24.3 Å². The summed E-state index contributed by atoms with van der Waals surface area (Å²) in [6.07, 6.45) is 3.62. The summed E-state index contributed by atoms with van der Waals surface area (Å²) < 4.78 is 2.06. The van der Waals surface area contributed by atoms with Crippen molar-refractivity contribution in [2.45, 2.75) is 13.5 Å². The van der Waals surface area contributed by atoms with Crippen molar-refractivity contribution in [3.8, 4) is 16.9 Å². The van der Waals surface area contributed by atoms with Gasteiger partial charge in [0.25, 0.3) is 0 Å². The first kappa shape index (κ1) is 16.0. The Labute approximate surface area is 151 Å². The Hall–Kier alpha value is -3.47. The molecule has 0 aliphatic carbocycles. The van der Waals surface area contributed by atoms with Gasteiger partial charge in [0.2, 0.25) is 5.91 Å². The molecule has 2 aromatic carbocycles. The van der Waals surface area contributed by atoms with Gasteiger partial charge in [0.15, 0.2) is 0 Å². The van der Waals surface area contributed by atoms with Gasteiger partial charge in [0.05, 0.1) is 16.7 Å². The number of aromatic nitrogens is 3. The molecule has 0 saturated carbocycles. The minimum absolute atomic E-state index is 0.0398. The molecule has 1 N–H and O–H groups in total. The van der Waals surface area contributed by atoms with Crippen LogP contribution in [0.2, 0.25) is 0 Å². The standard InChI is InChI=1S/C21H18N4O/c1-15(26)23-13-16-8-9-21-20(11-16)24-14-25(21)18-6-4-5-17(12-18)19-7-2-3-10-22-19/h2-12,14H,13H2,1H3,(H,23,26). The van der Waals surface area contributed by atoms with Crippen molar-refractivity contribution >= 4 is 16.9 Å². The maximum atomic E-state index is 11.1. The van der Waals surface area contributed by atoms with E-state index < -0.39 is 0 Å². The molecular formula is C21H18N4O. The largest absolute Gasteiger partial charge is 0.352 e. The molecule has 0 spiro atoms. The van der Waals surface area contributed by atoms with Gasteiger partial charge in [-0.15, -0.1) is 0 Å². The molecule has 5 heteroatoms. The summed E-state index contributed by atoms with van der Waals surface area (Å²) in [4.78, 5) is 20.0. The van der Waals surface area contributed by atoms with Crippen LogP contribution in [0.3, 0.4) is 0 Å². The van der Waals surface area contributed by atoms with Crippen molar-refractivity contribution in [2.24, 2.45) is 0 Å². The third-order valence-electron chi connectivity index (χ3n) is 4.24. The number of rotatable bonds is 4. The molecule has 1 amide bonds. The third kappa shape index (κ3) is 3.19. The summed E-state index contributed by atoms with van der Waals surface area (Å²) in [5, 5.41) is 2.81. The smallest absolute Gasteiger partial charge is 0.217 e. The molecule has 26 heavy (non-hydrogen) atoms. The molecule has 0 saturated heterocycles. The maximum absolute atomic E-state index is 11.1. The molecule has 5 nitrogen and oxygen atoms in total. The van der Waals surface area contributed by atoms with E-state index in [9.17, 15) is 4.79 Å². The lowest BCUT2D eigenvalue weighted by atomic mass is 10.1. The van der Waals surface area contributed by atoms with Crippen LogP contribution in [0.4, 0.5) is 0 Å². The minimum atomic E-state index is -0.0398. The lowest BCUT2D eigenvalue weighted by molar-refractivity contribution is -0.119. The Bertz CT molecular complexity index is 1070. The molecule has 0 unspecified atom stereocenters. The Kier molecular flexibility index (Phi) is 4.19. The molecule has 0 radical (unpaired) electrons. The number of imidazole rings is 1.